The summed E-state index contributed by atoms with van der Waals surface area (Å²) < 4.78 is 25.4. The van der Waals surface area contributed by atoms with E-state index in [-0.39, 0.29) is 24.1 Å². The Morgan fingerprint density at radius 3 is 2.47 bits per heavy atom. The predicted octanol–water partition coefficient (Wildman–Crippen LogP) is 4.42. The number of nitrogens with zero attached hydrogens (tertiary/aromatic N) is 3. The molecule has 7 nitrogen and oxygen atoms in total. The number of nitriles is 2. The van der Waals surface area contributed by atoms with Gasteiger partial charge in [0, 0.05) is 22.8 Å². The molecule has 4 rings (SSSR count). The number of hydrogen-bond donors (Lipinski definition) is 2. The molecule has 0 atom stereocenters. The zero-order chi connectivity index (χ0) is 25.8. The van der Waals surface area contributed by atoms with Gasteiger partial charge in [0.15, 0.2) is 0 Å². The number of rotatable bonds is 6. The molecule has 184 valence electrons. The SMILES string of the molecule is CC(C)(C#N)c1ccc(NCC#Cc2cc3c(NC4CCS(=O)(=O)CC4)cccc3n2CC#N)cc1. The third-order valence-corrected chi connectivity index (χ3v) is 8.29. The van der Waals surface area contributed by atoms with E-state index in [2.05, 4.69) is 34.6 Å². The summed E-state index contributed by atoms with van der Waals surface area (Å²) in [5.41, 5.74) is 3.93. The van der Waals surface area contributed by atoms with Crippen LogP contribution in [0, 0.1) is 34.5 Å². The molecule has 0 aliphatic carbocycles. The smallest absolute Gasteiger partial charge is 0.150 e. The van der Waals surface area contributed by atoms with Crippen LogP contribution >= 0.6 is 0 Å². The van der Waals surface area contributed by atoms with Gasteiger partial charge in [-0.3, -0.25) is 0 Å². The van der Waals surface area contributed by atoms with Crippen LogP contribution in [0.4, 0.5) is 11.4 Å². The summed E-state index contributed by atoms with van der Waals surface area (Å²) in [5.74, 6) is 6.75. The van der Waals surface area contributed by atoms with Gasteiger partial charge in [0.25, 0.3) is 0 Å². The molecule has 0 amide bonds. The van der Waals surface area contributed by atoms with Crippen molar-refractivity contribution in [3.63, 3.8) is 0 Å². The molecule has 0 spiro atoms. The van der Waals surface area contributed by atoms with Crippen LogP contribution in [0.2, 0.25) is 0 Å². The maximum absolute atomic E-state index is 11.8. The van der Waals surface area contributed by atoms with Gasteiger partial charge in [-0.15, -0.1) is 0 Å². The zero-order valence-corrected chi connectivity index (χ0v) is 21.3. The Labute approximate surface area is 212 Å². The second-order valence-corrected chi connectivity index (χ2v) is 11.9. The molecule has 2 N–H and O–H groups in total. The van der Waals surface area contributed by atoms with Crippen molar-refractivity contribution in [1.82, 2.24) is 4.57 Å². The standard InChI is InChI=1S/C28H29N5O2S/c1-28(2,20-30)21-8-10-22(11-9-21)31-15-4-5-24-19-25-26(6-3-7-27(25)33(24)16-14-29)32-23-12-17-36(34,35)18-13-23/h3,6-11,19,23,31-32H,12-13,15-18H2,1-2H3. The summed E-state index contributed by atoms with van der Waals surface area (Å²) in [6.45, 7) is 4.39. The van der Waals surface area contributed by atoms with E-state index in [0.29, 0.717) is 19.4 Å². The van der Waals surface area contributed by atoms with E-state index in [1.54, 1.807) is 0 Å². The first-order valence-corrected chi connectivity index (χ1v) is 13.8. The average Bonchev–Trinajstić information content (AvgIpc) is 3.22. The number of benzene rings is 2. The van der Waals surface area contributed by atoms with E-state index in [0.717, 1.165) is 33.5 Å². The maximum Gasteiger partial charge on any atom is 0.150 e. The van der Waals surface area contributed by atoms with Crippen LogP contribution in [0.25, 0.3) is 10.9 Å². The molecule has 1 aliphatic rings. The molecule has 36 heavy (non-hydrogen) atoms. The number of nitrogens with one attached hydrogen (secondary N) is 2. The van der Waals surface area contributed by atoms with Crippen LogP contribution in [-0.2, 0) is 21.8 Å². The molecule has 0 radical (unpaired) electrons. The van der Waals surface area contributed by atoms with Crippen molar-refractivity contribution in [2.45, 2.75) is 44.7 Å². The molecule has 1 fully saturated rings. The number of anilines is 2. The second-order valence-electron chi connectivity index (χ2n) is 9.55. The normalized spacial score (nSPS) is 15.3. The van der Waals surface area contributed by atoms with E-state index in [4.69, 9.17) is 0 Å². The molecule has 1 aliphatic heterocycles. The fourth-order valence-corrected chi connectivity index (χ4v) is 5.85. The molecule has 8 heteroatoms. The molecule has 1 saturated heterocycles. The van der Waals surface area contributed by atoms with Crippen molar-refractivity contribution >= 4 is 32.1 Å². The molecular formula is C28H29N5O2S. The second kappa shape index (κ2) is 10.4. The average molecular weight is 500 g/mol. The Balaban J connectivity index is 1.50. The van der Waals surface area contributed by atoms with Crippen molar-refractivity contribution in [1.29, 1.82) is 10.5 Å². The van der Waals surface area contributed by atoms with E-state index in [1.807, 2.05) is 66.9 Å². The molecule has 2 heterocycles. The number of sulfone groups is 1. The lowest BCUT2D eigenvalue weighted by Crippen LogP contribution is -2.32. The molecule has 2 aromatic carbocycles. The van der Waals surface area contributed by atoms with Crippen LogP contribution in [0.15, 0.2) is 48.5 Å². The van der Waals surface area contributed by atoms with Crippen molar-refractivity contribution in [2.75, 3.05) is 28.7 Å². The van der Waals surface area contributed by atoms with Gasteiger partial charge in [-0.2, -0.15) is 10.5 Å². The molecule has 3 aromatic rings. The molecule has 0 bridgehead atoms. The van der Waals surface area contributed by atoms with Gasteiger partial charge in [-0.1, -0.05) is 24.1 Å². The van der Waals surface area contributed by atoms with Gasteiger partial charge in [0.1, 0.15) is 16.4 Å². The Morgan fingerprint density at radius 2 is 1.81 bits per heavy atom. The minimum absolute atomic E-state index is 0.0994. The van der Waals surface area contributed by atoms with E-state index >= 15 is 0 Å². The highest BCUT2D eigenvalue weighted by Gasteiger charge is 2.24. The molecule has 0 unspecified atom stereocenters. The number of aromatic nitrogens is 1. The summed E-state index contributed by atoms with van der Waals surface area (Å²) in [4.78, 5) is 0. The Morgan fingerprint density at radius 1 is 1.08 bits per heavy atom. The fraction of sp³-hybridized carbons (Fsp3) is 0.357. The first-order chi connectivity index (χ1) is 17.2. The maximum atomic E-state index is 11.8. The van der Waals surface area contributed by atoms with Crippen molar-refractivity contribution in [2.24, 2.45) is 0 Å². The lowest BCUT2D eigenvalue weighted by Gasteiger charge is -2.24. The molecular weight excluding hydrogens is 470 g/mol. The monoisotopic (exact) mass is 499 g/mol. The minimum atomic E-state index is -2.92. The van der Waals surface area contributed by atoms with Crippen LogP contribution in [-0.4, -0.2) is 37.1 Å². The Hall–Kier alpha value is -3.93. The summed E-state index contributed by atoms with van der Waals surface area (Å²) in [5, 5.41) is 26.4. The van der Waals surface area contributed by atoms with Crippen LogP contribution in [0.5, 0.6) is 0 Å². The van der Waals surface area contributed by atoms with Gasteiger partial charge >= 0.3 is 0 Å². The Bertz CT molecular complexity index is 1500. The van der Waals surface area contributed by atoms with Crippen LogP contribution in [0.1, 0.15) is 37.9 Å². The van der Waals surface area contributed by atoms with Gasteiger partial charge in [-0.05, 0) is 68.5 Å². The number of hydrogen-bond acceptors (Lipinski definition) is 6. The van der Waals surface area contributed by atoms with Crippen molar-refractivity contribution in [3.8, 4) is 24.0 Å². The van der Waals surface area contributed by atoms with E-state index < -0.39 is 15.3 Å². The summed E-state index contributed by atoms with van der Waals surface area (Å²) >= 11 is 0. The Kier molecular flexibility index (Phi) is 7.25. The molecule has 0 saturated carbocycles. The van der Waals surface area contributed by atoms with Gasteiger partial charge in [-0.25, -0.2) is 8.42 Å². The highest BCUT2D eigenvalue weighted by atomic mass is 32.2. The summed E-state index contributed by atoms with van der Waals surface area (Å²) in [7, 11) is -2.92. The van der Waals surface area contributed by atoms with Gasteiger partial charge < -0.3 is 15.2 Å². The highest BCUT2D eigenvalue weighted by Crippen LogP contribution is 2.29. The first-order valence-electron chi connectivity index (χ1n) is 11.9. The van der Waals surface area contributed by atoms with Gasteiger partial charge in [0.2, 0.25) is 0 Å². The predicted molar refractivity (Wildman–Crippen MR) is 143 cm³/mol. The minimum Gasteiger partial charge on any atom is -0.382 e. The first kappa shape index (κ1) is 25.2. The van der Waals surface area contributed by atoms with E-state index in [9.17, 15) is 18.9 Å². The third kappa shape index (κ3) is 5.65. The number of fused-ring (bicyclic) bond motifs is 1. The van der Waals surface area contributed by atoms with Crippen molar-refractivity contribution in [3.05, 3.63) is 59.8 Å². The highest BCUT2D eigenvalue weighted by molar-refractivity contribution is 7.91. The van der Waals surface area contributed by atoms with Gasteiger partial charge in [0.05, 0.1) is 46.8 Å². The largest absolute Gasteiger partial charge is 0.382 e. The van der Waals surface area contributed by atoms with Crippen LogP contribution < -0.4 is 10.6 Å². The lowest BCUT2D eigenvalue weighted by atomic mass is 9.86. The summed E-state index contributed by atoms with van der Waals surface area (Å²) in [6, 6.07) is 20.3. The van der Waals surface area contributed by atoms with E-state index in [1.165, 1.54) is 0 Å². The fourth-order valence-electron chi connectivity index (χ4n) is 4.36. The van der Waals surface area contributed by atoms with Crippen LogP contribution in [0.3, 0.4) is 0 Å². The lowest BCUT2D eigenvalue weighted by molar-refractivity contribution is 0.560. The third-order valence-electron chi connectivity index (χ3n) is 6.57. The quantitative estimate of drug-likeness (QED) is 0.486. The van der Waals surface area contributed by atoms with Crippen molar-refractivity contribution < 1.29 is 8.42 Å². The zero-order valence-electron chi connectivity index (χ0n) is 20.5. The summed E-state index contributed by atoms with van der Waals surface area (Å²) in [6.07, 6.45) is 1.18. The topological polar surface area (TPSA) is 111 Å². The molecule has 1 aromatic heterocycles.